The normalized spacial score (nSPS) is 37.1. The minimum atomic E-state index is -0.0321. The predicted molar refractivity (Wildman–Crippen MR) is 71.1 cm³/mol. The van der Waals surface area contributed by atoms with E-state index in [4.69, 9.17) is 10.5 Å². The zero-order valence-electron chi connectivity index (χ0n) is 12.0. The van der Waals surface area contributed by atoms with Gasteiger partial charge in [0.2, 0.25) is 5.91 Å². The predicted octanol–water partition coefficient (Wildman–Crippen LogP) is 1.43. The summed E-state index contributed by atoms with van der Waals surface area (Å²) in [6.45, 7) is 9.29. The summed E-state index contributed by atoms with van der Waals surface area (Å²) < 4.78 is 5.50. The van der Waals surface area contributed by atoms with E-state index in [-0.39, 0.29) is 34.9 Å². The molecule has 1 saturated heterocycles. The molecule has 4 nitrogen and oxygen atoms in total. The third-order valence-electron chi connectivity index (χ3n) is 4.83. The van der Waals surface area contributed by atoms with Crippen molar-refractivity contribution < 1.29 is 9.53 Å². The highest BCUT2D eigenvalue weighted by molar-refractivity contribution is 5.77. The average molecular weight is 254 g/mol. The molecule has 104 valence electrons. The van der Waals surface area contributed by atoms with Crippen LogP contribution >= 0.6 is 0 Å². The number of nitrogens with one attached hydrogen (secondary N) is 1. The fourth-order valence-corrected chi connectivity index (χ4v) is 3.78. The molecular formula is C14H26N2O2. The van der Waals surface area contributed by atoms with Crippen LogP contribution in [0.1, 0.15) is 47.0 Å². The highest BCUT2D eigenvalue weighted by Crippen LogP contribution is 2.52. The van der Waals surface area contributed by atoms with Crippen LogP contribution in [0.3, 0.4) is 0 Å². The fraction of sp³-hybridized carbons (Fsp3) is 0.929. The first-order valence-corrected chi connectivity index (χ1v) is 6.93. The first-order chi connectivity index (χ1) is 8.26. The van der Waals surface area contributed by atoms with Gasteiger partial charge < -0.3 is 15.8 Å². The molecule has 1 aliphatic heterocycles. The topological polar surface area (TPSA) is 64.3 Å². The zero-order chi connectivity index (χ0) is 13.6. The molecule has 1 amide bonds. The summed E-state index contributed by atoms with van der Waals surface area (Å²) in [7, 11) is 0. The Balaban J connectivity index is 1.90. The second-order valence-corrected chi connectivity index (χ2v) is 6.96. The van der Waals surface area contributed by atoms with Crippen LogP contribution in [0.5, 0.6) is 0 Å². The maximum absolute atomic E-state index is 12.1. The van der Waals surface area contributed by atoms with E-state index >= 15 is 0 Å². The molecule has 1 unspecified atom stereocenters. The van der Waals surface area contributed by atoms with E-state index in [9.17, 15) is 4.79 Å². The van der Waals surface area contributed by atoms with Gasteiger partial charge in [-0.3, -0.25) is 4.79 Å². The second kappa shape index (κ2) is 4.49. The van der Waals surface area contributed by atoms with Gasteiger partial charge in [0.05, 0.1) is 12.5 Å². The van der Waals surface area contributed by atoms with Gasteiger partial charge in [-0.05, 0) is 12.8 Å². The molecule has 0 bridgehead atoms. The molecule has 3 N–H and O–H groups in total. The van der Waals surface area contributed by atoms with Crippen molar-refractivity contribution in [1.82, 2.24) is 5.32 Å². The fourth-order valence-electron chi connectivity index (χ4n) is 3.78. The van der Waals surface area contributed by atoms with Crippen molar-refractivity contribution in [3.05, 3.63) is 0 Å². The Morgan fingerprint density at radius 2 is 1.94 bits per heavy atom. The molecule has 0 spiro atoms. The highest BCUT2D eigenvalue weighted by atomic mass is 16.5. The molecule has 4 heteroatoms. The van der Waals surface area contributed by atoms with E-state index < -0.39 is 0 Å². The van der Waals surface area contributed by atoms with Crippen LogP contribution in [0.25, 0.3) is 0 Å². The lowest BCUT2D eigenvalue weighted by atomic mass is 9.48. The Kier molecular flexibility index (Phi) is 3.45. The van der Waals surface area contributed by atoms with E-state index in [0.717, 1.165) is 19.4 Å². The Morgan fingerprint density at radius 1 is 1.33 bits per heavy atom. The summed E-state index contributed by atoms with van der Waals surface area (Å²) in [5.41, 5.74) is 6.12. The molecule has 2 fully saturated rings. The molecular weight excluding hydrogens is 228 g/mol. The summed E-state index contributed by atoms with van der Waals surface area (Å²) >= 11 is 0. The molecule has 0 radical (unpaired) electrons. The third-order valence-corrected chi connectivity index (χ3v) is 4.83. The first kappa shape index (κ1) is 13.8. The van der Waals surface area contributed by atoms with Crippen molar-refractivity contribution >= 4 is 5.91 Å². The maximum atomic E-state index is 12.1. The van der Waals surface area contributed by atoms with Crippen LogP contribution in [0, 0.1) is 10.8 Å². The number of rotatable bonds is 3. The lowest BCUT2D eigenvalue weighted by Gasteiger charge is -2.63. The van der Waals surface area contributed by atoms with E-state index in [1.807, 2.05) is 0 Å². The summed E-state index contributed by atoms with van der Waals surface area (Å²) in [6.07, 6.45) is 2.68. The lowest BCUT2D eigenvalue weighted by molar-refractivity contribution is -0.134. The van der Waals surface area contributed by atoms with Crippen LogP contribution in [0.15, 0.2) is 0 Å². The molecule has 0 aromatic carbocycles. The van der Waals surface area contributed by atoms with Gasteiger partial charge in [0, 0.05) is 29.5 Å². The van der Waals surface area contributed by atoms with Crippen LogP contribution < -0.4 is 11.1 Å². The SMILES string of the molecule is CC1(C)C(N)C(C)(C)C1NC(=O)CC1CCCO1. The molecule has 1 atom stereocenters. The number of ether oxygens (including phenoxy) is 1. The monoisotopic (exact) mass is 254 g/mol. The Hall–Kier alpha value is -0.610. The van der Waals surface area contributed by atoms with Crippen molar-refractivity contribution in [2.45, 2.75) is 65.1 Å². The van der Waals surface area contributed by atoms with Gasteiger partial charge in [-0.25, -0.2) is 0 Å². The van der Waals surface area contributed by atoms with E-state index in [1.54, 1.807) is 0 Å². The first-order valence-electron chi connectivity index (χ1n) is 6.93. The van der Waals surface area contributed by atoms with Gasteiger partial charge in [0.1, 0.15) is 0 Å². The number of nitrogens with two attached hydrogens (primary N) is 1. The van der Waals surface area contributed by atoms with Gasteiger partial charge >= 0.3 is 0 Å². The Labute approximate surface area is 110 Å². The number of amides is 1. The second-order valence-electron chi connectivity index (χ2n) is 6.96. The van der Waals surface area contributed by atoms with Gasteiger partial charge in [0.25, 0.3) is 0 Å². The van der Waals surface area contributed by atoms with Crippen LogP contribution in [-0.2, 0) is 9.53 Å². The lowest BCUT2D eigenvalue weighted by Crippen LogP contribution is -2.76. The molecule has 2 aliphatic rings. The molecule has 1 heterocycles. The minimum Gasteiger partial charge on any atom is -0.378 e. The van der Waals surface area contributed by atoms with Crippen molar-refractivity contribution in [3.8, 4) is 0 Å². The van der Waals surface area contributed by atoms with Crippen molar-refractivity contribution in [3.63, 3.8) is 0 Å². The van der Waals surface area contributed by atoms with Crippen LogP contribution in [0.4, 0.5) is 0 Å². The summed E-state index contributed by atoms with van der Waals surface area (Å²) in [5, 5.41) is 3.16. The van der Waals surface area contributed by atoms with Crippen molar-refractivity contribution in [1.29, 1.82) is 0 Å². The molecule has 0 aromatic rings. The minimum absolute atomic E-state index is 0.0321. The van der Waals surface area contributed by atoms with Gasteiger partial charge in [-0.1, -0.05) is 27.7 Å². The Bertz CT molecular complexity index is 317. The van der Waals surface area contributed by atoms with Crippen molar-refractivity contribution in [2.24, 2.45) is 16.6 Å². The number of hydrogen-bond donors (Lipinski definition) is 2. The summed E-state index contributed by atoms with van der Waals surface area (Å²) in [6, 6.07) is 0.270. The molecule has 2 rings (SSSR count). The molecule has 18 heavy (non-hydrogen) atoms. The van der Waals surface area contributed by atoms with Crippen LogP contribution in [-0.4, -0.2) is 30.7 Å². The molecule has 0 aromatic heterocycles. The zero-order valence-corrected chi connectivity index (χ0v) is 12.0. The summed E-state index contributed by atoms with van der Waals surface area (Å²) in [5.74, 6) is 0.0972. The standard InChI is InChI=1S/C14H26N2O2/c1-13(2)11(15)14(3,4)12(13)16-10(17)8-9-6-5-7-18-9/h9,11-12H,5-8,15H2,1-4H3,(H,16,17). The molecule has 1 saturated carbocycles. The highest BCUT2D eigenvalue weighted by Gasteiger charge is 2.60. The van der Waals surface area contributed by atoms with Gasteiger partial charge in [-0.15, -0.1) is 0 Å². The Morgan fingerprint density at radius 3 is 2.44 bits per heavy atom. The van der Waals surface area contributed by atoms with Gasteiger partial charge in [0.15, 0.2) is 0 Å². The third kappa shape index (κ3) is 2.16. The largest absolute Gasteiger partial charge is 0.378 e. The summed E-state index contributed by atoms with van der Waals surface area (Å²) in [4.78, 5) is 12.1. The number of carbonyl (C=O) groups excluding carboxylic acids is 1. The van der Waals surface area contributed by atoms with E-state index in [0.29, 0.717) is 6.42 Å². The van der Waals surface area contributed by atoms with Crippen molar-refractivity contribution in [2.75, 3.05) is 6.61 Å². The van der Waals surface area contributed by atoms with Crippen LogP contribution in [0.2, 0.25) is 0 Å². The molecule has 1 aliphatic carbocycles. The number of hydrogen-bond acceptors (Lipinski definition) is 3. The van der Waals surface area contributed by atoms with E-state index in [2.05, 4.69) is 33.0 Å². The van der Waals surface area contributed by atoms with Gasteiger partial charge in [-0.2, -0.15) is 0 Å². The number of carbonyl (C=O) groups is 1. The average Bonchev–Trinajstić information content (AvgIpc) is 2.77. The maximum Gasteiger partial charge on any atom is 0.222 e. The smallest absolute Gasteiger partial charge is 0.222 e. The quantitative estimate of drug-likeness (QED) is 0.801. The van der Waals surface area contributed by atoms with E-state index in [1.165, 1.54) is 0 Å².